The molecular formula is C46H37CuN5O3. The summed E-state index contributed by atoms with van der Waals surface area (Å²) in [6.07, 6.45) is 0.656. The van der Waals surface area contributed by atoms with Crippen molar-refractivity contribution in [3.05, 3.63) is 192 Å². The maximum atomic E-state index is 13.6. The molecule has 275 valence electrons. The molecule has 9 heteroatoms. The second-order valence-electron chi connectivity index (χ2n) is 12.4. The molecule has 1 N–H and O–H groups in total. The molecule has 1 amide bonds. The van der Waals surface area contributed by atoms with Crippen LogP contribution in [0, 0.1) is 0 Å². The summed E-state index contributed by atoms with van der Waals surface area (Å²) in [5.41, 5.74) is 8.64. The monoisotopic (exact) mass is 770 g/mol. The topological polar surface area (TPSA) is 105 Å². The molecule has 1 aliphatic rings. The van der Waals surface area contributed by atoms with Gasteiger partial charge in [0.15, 0.2) is 0 Å². The predicted octanol–water partition coefficient (Wildman–Crippen LogP) is 9.56. The van der Waals surface area contributed by atoms with E-state index in [1.807, 2.05) is 152 Å². The fraction of sp³-hybridized carbons (Fsp3) is 0.0870. The number of benzene rings is 6. The fourth-order valence-corrected chi connectivity index (χ4v) is 6.02. The van der Waals surface area contributed by atoms with Crippen molar-refractivity contribution in [2.45, 2.75) is 12.8 Å². The average molecular weight is 771 g/mol. The van der Waals surface area contributed by atoms with Crippen molar-refractivity contribution in [3.8, 4) is 0 Å². The van der Waals surface area contributed by atoms with Crippen molar-refractivity contribution in [1.29, 1.82) is 0 Å². The summed E-state index contributed by atoms with van der Waals surface area (Å²) in [6.45, 7) is 0.307. The first-order chi connectivity index (χ1) is 26.6. The van der Waals surface area contributed by atoms with Crippen LogP contribution in [0.5, 0.6) is 0 Å². The molecule has 0 fully saturated rings. The van der Waals surface area contributed by atoms with Gasteiger partial charge in [0, 0.05) is 57.9 Å². The number of amides is 1. The summed E-state index contributed by atoms with van der Waals surface area (Å²) >= 11 is 0. The maximum absolute atomic E-state index is 13.6. The number of hydrogen-bond acceptors (Lipinski definition) is 7. The molecule has 1 heterocycles. The number of aliphatic imine (C=N–C) groups is 4. The summed E-state index contributed by atoms with van der Waals surface area (Å²) in [5, 5.41) is 2.93. The summed E-state index contributed by atoms with van der Waals surface area (Å²) in [5.74, 6) is -0.620. The number of fused-ring (bicyclic) bond motifs is 2. The Balaban J connectivity index is 0.00000514. The summed E-state index contributed by atoms with van der Waals surface area (Å²) in [6, 6.07) is 52.8. The van der Waals surface area contributed by atoms with Gasteiger partial charge in [0.05, 0.1) is 52.7 Å². The third-order valence-corrected chi connectivity index (χ3v) is 8.76. The van der Waals surface area contributed by atoms with Gasteiger partial charge in [-0.3, -0.25) is 9.59 Å². The molecule has 55 heavy (non-hydrogen) atoms. The number of esters is 1. The van der Waals surface area contributed by atoms with E-state index in [0.29, 0.717) is 64.1 Å². The normalized spacial score (nSPS) is 12.4. The van der Waals surface area contributed by atoms with Crippen LogP contribution in [0.4, 0.5) is 22.7 Å². The van der Waals surface area contributed by atoms with E-state index in [2.05, 4.69) is 5.32 Å². The molecular weight excluding hydrogens is 734 g/mol. The number of ether oxygens (including phenoxy) is 1. The number of hydrogen-bond donors (Lipinski definition) is 1. The molecule has 8 nitrogen and oxygen atoms in total. The molecule has 6 aromatic rings. The van der Waals surface area contributed by atoms with Gasteiger partial charge in [-0.1, -0.05) is 133 Å². The Morgan fingerprint density at radius 3 is 1.25 bits per heavy atom. The first kappa shape index (κ1) is 38.2. The van der Waals surface area contributed by atoms with E-state index in [4.69, 9.17) is 24.7 Å². The zero-order valence-corrected chi connectivity index (χ0v) is 31.0. The Hall–Kier alpha value is -6.54. The SMILES string of the molecule is COC(=O)CCCNC(=O)c1ccc2c(c1)N=C(c1ccccc1)C(c1ccccc1)=Nc1ccccc1N=C(c1ccccc1)C(c1ccccc1)=N2.[Cu]. The Kier molecular flexibility index (Phi) is 12.8. The second kappa shape index (κ2) is 18.5. The Morgan fingerprint density at radius 2 is 0.855 bits per heavy atom. The molecule has 7 rings (SSSR count). The van der Waals surface area contributed by atoms with Gasteiger partial charge in [0.2, 0.25) is 0 Å². The number of carbonyl (C=O) groups excluding carboxylic acids is 2. The summed E-state index contributed by atoms with van der Waals surface area (Å²) < 4.78 is 4.75. The minimum Gasteiger partial charge on any atom is -0.469 e. The number of rotatable bonds is 9. The van der Waals surface area contributed by atoms with E-state index < -0.39 is 0 Å². The quantitative estimate of drug-likeness (QED) is 0.0900. The molecule has 0 unspecified atom stereocenters. The van der Waals surface area contributed by atoms with E-state index in [1.165, 1.54) is 7.11 Å². The number of nitrogens with one attached hydrogen (secondary N) is 1. The standard InChI is InChI=1S/C46H37N5O3.Cu/c1-54-41(52)27-16-30-47-46(53)36-28-29-39-40(31-36)51-45(35-23-12-5-13-24-35)44(34-21-10-4-11-22-34)49-38-26-15-14-25-37(38)48-42(32-17-6-2-7-18-32)43(50-39)33-19-8-3-9-20-33;/h2-15,17-26,28-29,31H,16,27,30H2,1H3,(H,47,53);. The van der Waals surface area contributed by atoms with Crippen molar-refractivity contribution in [3.63, 3.8) is 0 Å². The fourth-order valence-electron chi connectivity index (χ4n) is 6.02. The van der Waals surface area contributed by atoms with Crippen LogP contribution in [-0.2, 0) is 26.6 Å². The molecule has 0 aliphatic carbocycles. The van der Waals surface area contributed by atoms with Gasteiger partial charge in [-0.15, -0.1) is 0 Å². The molecule has 1 radical (unpaired) electrons. The van der Waals surface area contributed by atoms with E-state index in [1.54, 1.807) is 12.1 Å². The van der Waals surface area contributed by atoms with Crippen molar-refractivity contribution >= 4 is 57.5 Å². The van der Waals surface area contributed by atoms with Crippen LogP contribution in [0.25, 0.3) is 0 Å². The van der Waals surface area contributed by atoms with Gasteiger partial charge < -0.3 is 10.1 Å². The van der Waals surface area contributed by atoms with Gasteiger partial charge in [0.1, 0.15) is 0 Å². The first-order valence-electron chi connectivity index (χ1n) is 17.7. The smallest absolute Gasteiger partial charge is 0.305 e. The molecule has 0 atom stereocenters. The zero-order chi connectivity index (χ0) is 37.1. The van der Waals surface area contributed by atoms with Crippen LogP contribution in [0.1, 0.15) is 45.5 Å². The molecule has 0 saturated carbocycles. The van der Waals surface area contributed by atoms with Crippen LogP contribution in [0.2, 0.25) is 0 Å². The van der Waals surface area contributed by atoms with Crippen LogP contribution in [0.3, 0.4) is 0 Å². The molecule has 6 aromatic carbocycles. The number of para-hydroxylation sites is 2. The minimum absolute atomic E-state index is 0. The van der Waals surface area contributed by atoms with E-state index >= 15 is 0 Å². The number of nitrogens with zero attached hydrogens (tertiary/aromatic N) is 4. The van der Waals surface area contributed by atoms with Gasteiger partial charge in [-0.25, -0.2) is 20.0 Å². The van der Waals surface area contributed by atoms with Gasteiger partial charge in [0.25, 0.3) is 5.91 Å². The summed E-state index contributed by atoms with van der Waals surface area (Å²) in [7, 11) is 1.35. The van der Waals surface area contributed by atoms with Crippen LogP contribution >= 0.6 is 0 Å². The molecule has 0 saturated heterocycles. The molecule has 0 spiro atoms. The van der Waals surface area contributed by atoms with E-state index in [9.17, 15) is 9.59 Å². The minimum atomic E-state index is -0.323. The van der Waals surface area contributed by atoms with Crippen LogP contribution < -0.4 is 5.32 Å². The van der Waals surface area contributed by atoms with Crippen LogP contribution in [-0.4, -0.2) is 48.4 Å². The molecule has 0 aromatic heterocycles. The van der Waals surface area contributed by atoms with Gasteiger partial charge in [-0.05, 0) is 36.8 Å². The largest absolute Gasteiger partial charge is 0.469 e. The van der Waals surface area contributed by atoms with Crippen molar-refractivity contribution in [2.24, 2.45) is 20.0 Å². The Bertz CT molecular complexity index is 2400. The second-order valence-corrected chi connectivity index (χ2v) is 12.4. The predicted molar refractivity (Wildman–Crippen MR) is 217 cm³/mol. The van der Waals surface area contributed by atoms with Crippen molar-refractivity contribution < 1.29 is 31.4 Å². The third-order valence-electron chi connectivity index (χ3n) is 8.76. The zero-order valence-electron chi connectivity index (χ0n) is 30.0. The maximum Gasteiger partial charge on any atom is 0.305 e. The number of carbonyl (C=O) groups is 2. The first-order valence-corrected chi connectivity index (χ1v) is 17.7. The van der Waals surface area contributed by atoms with Gasteiger partial charge in [-0.2, -0.15) is 0 Å². The van der Waals surface area contributed by atoms with Crippen LogP contribution in [0.15, 0.2) is 184 Å². The van der Waals surface area contributed by atoms with Crippen molar-refractivity contribution in [1.82, 2.24) is 5.32 Å². The van der Waals surface area contributed by atoms with E-state index in [0.717, 1.165) is 22.3 Å². The average Bonchev–Trinajstić information content (AvgIpc) is 3.23. The number of methoxy groups -OCH3 is 1. The van der Waals surface area contributed by atoms with Gasteiger partial charge >= 0.3 is 5.97 Å². The van der Waals surface area contributed by atoms with E-state index in [-0.39, 0.29) is 35.4 Å². The molecule has 0 bridgehead atoms. The van der Waals surface area contributed by atoms with Crippen molar-refractivity contribution in [2.75, 3.05) is 13.7 Å². The summed E-state index contributed by atoms with van der Waals surface area (Å²) in [4.78, 5) is 46.6. The molecule has 1 aliphatic heterocycles. The third kappa shape index (κ3) is 9.34. The Labute approximate surface area is 331 Å². The Morgan fingerprint density at radius 1 is 0.491 bits per heavy atom.